The molecule has 190 valence electrons. The molecule has 1 atom stereocenters. The van der Waals surface area contributed by atoms with E-state index in [4.69, 9.17) is 4.74 Å². The minimum atomic E-state index is -0.932. The van der Waals surface area contributed by atoms with Crippen LogP contribution in [-0.2, 0) is 19.8 Å². The smallest absolute Gasteiger partial charge is 0.300 e. The minimum Gasteiger partial charge on any atom is -0.507 e. The van der Waals surface area contributed by atoms with Crippen molar-refractivity contribution < 1.29 is 24.2 Å². The van der Waals surface area contributed by atoms with Crippen LogP contribution in [0.5, 0.6) is 5.75 Å². The molecule has 0 saturated carbocycles. The van der Waals surface area contributed by atoms with Crippen LogP contribution in [0.1, 0.15) is 50.4 Å². The molecule has 1 aliphatic rings. The first-order chi connectivity index (χ1) is 17.5. The number of aliphatic hydroxyl groups is 1. The van der Waals surface area contributed by atoms with Crippen molar-refractivity contribution in [2.24, 2.45) is 0 Å². The fraction of sp³-hybridized carbons (Fsp3) is 0.241. The number of aliphatic hydroxyl groups excluding tert-OH is 1. The third kappa shape index (κ3) is 4.95. The van der Waals surface area contributed by atoms with Crippen molar-refractivity contribution in [1.82, 2.24) is 4.98 Å². The van der Waals surface area contributed by atoms with Crippen molar-refractivity contribution in [3.8, 4) is 5.75 Å². The highest BCUT2D eigenvalue weighted by atomic mass is 16.5. The van der Waals surface area contributed by atoms with Crippen LogP contribution in [0.3, 0.4) is 0 Å². The van der Waals surface area contributed by atoms with Gasteiger partial charge >= 0.3 is 0 Å². The number of amides is 2. The molecule has 0 bridgehead atoms. The number of nitrogens with one attached hydrogen (secondary N) is 1. The van der Waals surface area contributed by atoms with Crippen molar-refractivity contribution >= 4 is 34.7 Å². The van der Waals surface area contributed by atoms with Gasteiger partial charge < -0.3 is 15.2 Å². The van der Waals surface area contributed by atoms with E-state index in [0.29, 0.717) is 28.3 Å². The van der Waals surface area contributed by atoms with Crippen molar-refractivity contribution in [3.05, 3.63) is 89.3 Å². The predicted octanol–water partition coefficient (Wildman–Crippen LogP) is 4.97. The maximum absolute atomic E-state index is 13.5. The number of nitrogens with zero attached hydrogens (tertiary/aromatic N) is 2. The molecule has 1 aromatic heterocycles. The van der Waals surface area contributed by atoms with Gasteiger partial charge in [-0.3, -0.25) is 24.3 Å². The molecule has 1 unspecified atom stereocenters. The van der Waals surface area contributed by atoms with E-state index in [1.165, 1.54) is 18.9 Å². The van der Waals surface area contributed by atoms with Gasteiger partial charge in [0.1, 0.15) is 11.5 Å². The number of carbonyl (C=O) groups is 3. The van der Waals surface area contributed by atoms with Gasteiger partial charge in [-0.1, -0.05) is 32.9 Å². The third-order valence-electron chi connectivity index (χ3n) is 6.23. The van der Waals surface area contributed by atoms with Gasteiger partial charge in [0.05, 0.1) is 24.3 Å². The van der Waals surface area contributed by atoms with Crippen LogP contribution in [0.25, 0.3) is 5.76 Å². The van der Waals surface area contributed by atoms with E-state index < -0.39 is 17.7 Å². The Kier molecular flexibility index (Phi) is 6.85. The Labute approximate surface area is 215 Å². The van der Waals surface area contributed by atoms with Gasteiger partial charge in [0, 0.05) is 30.7 Å². The lowest BCUT2D eigenvalue weighted by Gasteiger charge is -2.26. The Hall–Kier alpha value is -4.46. The first kappa shape index (κ1) is 25.6. The third-order valence-corrected chi connectivity index (χ3v) is 6.23. The van der Waals surface area contributed by atoms with Crippen LogP contribution in [-0.4, -0.2) is 34.8 Å². The molecule has 0 aliphatic carbocycles. The van der Waals surface area contributed by atoms with E-state index in [1.54, 1.807) is 60.9 Å². The molecular weight excluding hydrogens is 470 g/mol. The van der Waals surface area contributed by atoms with Crippen LogP contribution >= 0.6 is 0 Å². The molecule has 2 amide bonds. The number of hydrogen-bond donors (Lipinski definition) is 2. The highest BCUT2D eigenvalue weighted by molar-refractivity contribution is 6.51. The van der Waals surface area contributed by atoms with Crippen molar-refractivity contribution in [3.63, 3.8) is 0 Å². The second-order valence-corrected chi connectivity index (χ2v) is 9.85. The summed E-state index contributed by atoms with van der Waals surface area (Å²) in [6, 6.07) is 14.5. The summed E-state index contributed by atoms with van der Waals surface area (Å²) in [6.45, 7) is 7.50. The molecule has 3 aromatic rings. The van der Waals surface area contributed by atoms with Crippen molar-refractivity contribution in [2.75, 3.05) is 17.3 Å². The summed E-state index contributed by atoms with van der Waals surface area (Å²) >= 11 is 0. The summed E-state index contributed by atoms with van der Waals surface area (Å²) in [5, 5.41) is 14.3. The molecule has 4 rings (SSSR count). The number of Topliss-reactive ketones (excluding diaryl/α,β-unsaturated/α-hetero) is 1. The van der Waals surface area contributed by atoms with E-state index >= 15 is 0 Å². The molecule has 0 spiro atoms. The maximum Gasteiger partial charge on any atom is 0.300 e. The van der Waals surface area contributed by atoms with E-state index in [1.807, 2.05) is 26.8 Å². The van der Waals surface area contributed by atoms with Gasteiger partial charge in [0.2, 0.25) is 5.91 Å². The molecule has 2 aromatic carbocycles. The number of aromatic nitrogens is 1. The lowest BCUT2D eigenvalue weighted by Crippen LogP contribution is -2.29. The molecule has 2 N–H and O–H groups in total. The highest BCUT2D eigenvalue weighted by Gasteiger charge is 2.47. The Bertz CT molecular complexity index is 1410. The van der Waals surface area contributed by atoms with Crippen LogP contribution in [0, 0.1) is 0 Å². The van der Waals surface area contributed by atoms with Gasteiger partial charge in [0.15, 0.2) is 0 Å². The number of ketones is 1. The normalized spacial score (nSPS) is 17.1. The average molecular weight is 500 g/mol. The SMILES string of the molecule is COc1ccc(C(C)(C)C)cc1/C(O)=C1\C(=O)C(=O)N(c2cccc(NC(C)=O)c2)C1c1ccncc1. The van der Waals surface area contributed by atoms with E-state index in [-0.39, 0.29) is 22.7 Å². The minimum absolute atomic E-state index is 0.0644. The van der Waals surface area contributed by atoms with Gasteiger partial charge in [-0.15, -0.1) is 0 Å². The molecule has 8 nitrogen and oxygen atoms in total. The zero-order chi connectivity index (χ0) is 26.9. The number of methoxy groups -OCH3 is 1. The number of hydrogen-bond acceptors (Lipinski definition) is 6. The molecular formula is C29H29N3O5. The topological polar surface area (TPSA) is 109 Å². The molecule has 2 heterocycles. The predicted molar refractivity (Wildman–Crippen MR) is 141 cm³/mol. The van der Waals surface area contributed by atoms with E-state index in [9.17, 15) is 19.5 Å². The zero-order valence-electron chi connectivity index (χ0n) is 21.4. The van der Waals surface area contributed by atoms with Crippen LogP contribution in [0.15, 0.2) is 72.6 Å². The quantitative estimate of drug-likeness (QED) is 0.291. The number of ether oxygens (including phenoxy) is 1. The Balaban J connectivity index is 1.96. The average Bonchev–Trinajstić information content (AvgIpc) is 3.13. The summed E-state index contributed by atoms with van der Waals surface area (Å²) < 4.78 is 5.51. The molecule has 1 aliphatic heterocycles. The molecule has 0 radical (unpaired) electrons. The largest absolute Gasteiger partial charge is 0.507 e. The summed E-state index contributed by atoms with van der Waals surface area (Å²) in [4.78, 5) is 43.9. The Morgan fingerprint density at radius 1 is 1.05 bits per heavy atom. The molecule has 37 heavy (non-hydrogen) atoms. The lowest BCUT2D eigenvalue weighted by atomic mass is 9.85. The highest BCUT2D eigenvalue weighted by Crippen LogP contribution is 2.44. The summed E-state index contributed by atoms with van der Waals surface area (Å²) in [7, 11) is 1.48. The Morgan fingerprint density at radius 2 is 1.76 bits per heavy atom. The summed E-state index contributed by atoms with van der Waals surface area (Å²) in [5.74, 6) is -1.85. The zero-order valence-corrected chi connectivity index (χ0v) is 21.4. The number of benzene rings is 2. The van der Waals surface area contributed by atoms with Gasteiger partial charge in [-0.25, -0.2) is 0 Å². The first-order valence-corrected chi connectivity index (χ1v) is 11.8. The van der Waals surface area contributed by atoms with Crippen LogP contribution in [0.4, 0.5) is 11.4 Å². The summed E-state index contributed by atoms with van der Waals surface area (Å²) in [6.07, 6.45) is 3.12. The maximum atomic E-state index is 13.5. The molecule has 1 saturated heterocycles. The fourth-order valence-corrected chi connectivity index (χ4v) is 4.40. The van der Waals surface area contributed by atoms with Crippen LogP contribution in [0.2, 0.25) is 0 Å². The van der Waals surface area contributed by atoms with Gasteiger partial charge in [-0.05, 0) is 59.0 Å². The monoisotopic (exact) mass is 499 g/mol. The molecule has 8 heteroatoms. The number of rotatable bonds is 5. The first-order valence-electron chi connectivity index (χ1n) is 11.8. The lowest BCUT2D eigenvalue weighted by molar-refractivity contribution is -0.132. The number of pyridine rings is 1. The second-order valence-electron chi connectivity index (χ2n) is 9.85. The van der Waals surface area contributed by atoms with Gasteiger partial charge in [0.25, 0.3) is 11.7 Å². The Morgan fingerprint density at radius 3 is 2.38 bits per heavy atom. The summed E-state index contributed by atoms with van der Waals surface area (Å²) in [5.41, 5.74) is 2.40. The molecule has 1 fully saturated rings. The van der Waals surface area contributed by atoms with Crippen molar-refractivity contribution in [1.29, 1.82) is 0 Å². The van der Waals surface area contributed by atoms with Crippen molar-refractivity contribution in [2.45, 2.75) is 39.2 Å². The van der Waals surface area contributed by atoms with Gasteiger partial charge in [-0.2, -0.15) is 0 Å². The number of carbonyl (C=O) groups excluding carboxylic acids is 3. The standard InChI is InChI=1S/C29H29N3O5/c1-17(33)31-20-7-6-8-21(16-20)32-25(18-11-13-30-14-12-18)24(27(35)28(32)36)26(34)22-15-19(29(2,3)4)9-10-23(22)37-5/h6-16,25,34H,1-5H3,(H,31,33)/b26-24+. The van der Waals surface area contributed by atoms with E-state index in [0.717, 1.165) is 5.56 Å². The van der Waals surface area contributed by atoms with E-state index in [2.05, 4.69) is 10.3 Å². The van der Waals surface area contributed by atoms with Crippen LogP contribution < -0.4 is 15.0 Å². The fourth-order valence-electron chi connectivity index (χ4n) is 4.40. The number of anilines is 2. The second kappa shape index (κ2) is 9.89.